The van der Waals surface area contributed by atoms with E-state index in [1.807, 2.05) is 18.2 Å². The molecule has 0 bridgehead atoms. The molecule has 160 valence electrons. The van der Waals surface area contributed by atoms with Crippen LogP contribution in [-0.4, -0.2) is 5.97 Å². The third-order valence-corrected chi connectivity index (χ3v) is 6.30. The number of halogens is 2. The van der Waals surface area contributed by atoms with Crippen LogP contribution in [-0.2, 0) is 0 Å². The molecule has 0 unspecified atom stereocenters. The second-order valence-corrected chi connectivity index (χ2v) is 8.37. The lowest BCUT2D eigenvalue weighted by Gasteiger charge is -2.28. The van der Waals surface area contributed by atoms with E-state index in [0.29, 0.717) is 28.0 Å². The molecule has 0 heterocycles. The maximum absolute atomic E-state index is 13.5. The number of esters is 1. The molecule has 0 saturated heterocycles. The van der Waals surface area contributed by atoms with Crippen LogP contribution in [0.1, 0.15) is 60.4 Å². The Morgan fingerprint density at radius 1 is 0.935 bits per heavy atom. The third kappa shape index (κ3) is 5.01. The molecule has 0 atom stereocenters. The molecule has 0 aromatic heterocycles. The van der Waals surface area contributed by atoms with E-state index in [1.54, 1.807) is 24.3 Å². The van der Waals surface area contributed by atoms with Crippen LogP contribution in [0.15, 0.2) is 67.3 Å². The first-order valence-electron chi connectivity index (χ1n) is 10.9. The summed E-state index contributed by atoms with van der Waals surface area (Å²) in [6.45, 7) is 3.81. The summed E-state index contributed by atoms with van der Waals surface area (Å²) in [4.78, 5) is 12.5. The van der Waals surface area contributed by atoms with Crippen molar-refractivity contribution in [3.8, 4) is 5.75 Å². The zero-order chi connectivity index (χ0) is 21.8. The van der Waals surface area contributed by atoms with Gasteiger partial charge in [0.25, 0.3) is 0 Å². The number of hydrogen-bond donors (Lipinski definition) is 0. The van der Waals surface area contributed by atoms with Crippen molar-refractivity contribution in [2.75, 3.05) is 0 Å². The number of ether oxygens (including phenoxy) is 1. The highest BCUT2D eigenvalue weighted by molar-refractivity contribution is 5.92. The highest BCUT2D eigenvalue weighted by atomic mass is 19.2. The van der Waals surface area contributed by atoms with Gasteiger partial charge in [-0.15, -0.1) is 6.58 Å². The van der Waals surface area contributed by atoms with E-state index in [2.05, 4.69) is 6.58 Å². The van der Waals surface area contributed by atoms with Crippen LogP contribution in [0, 0.1) is 17.6 Å². The van der Waals surface area contributed by atoms with Crippen molar-refractivity contribution in [1.82, 2.24) is 0 Å². The Morgan fingerprint density at radius 2 is 1.61 bits per heavy atom. The highest BCUT2D eigenvalue weighted by Crippen LogP contribution is 2.37. The Hall–Kier alpha value is -3.01. The van der Waals surface area contributed by atoms with Gasteiger partial charge in [0.1, 0.15) is 5.75 Å². The minimum absolute atomic E-state index is 0.297. The fourth-order valence-corrected chi connectivity index (χ4v) is 4.48. The zero-order valence-corrected chi connectivity index (χ0v) is 17.5. The summed E-state index contributed by atoms with van der Waals surface area (Å²) in [6.07, 6.45) is 9.18. The van der Waals surface area contributed by atoms with Gasteiger partial charge < -0.3 is 4.74 Å². The largest absolute Gasteiger partial charge is 0.423 e. The van der Waals surface area contributed by atoms with Crippen LogP contribution in [0.4, 0.5) is 8.78 Å². The summed E-state index contributed by atoms with van der Waals surface area (Å²) in [6, 6.07) is 14.6. The monoisotopic (exact) mass is 420 g/mol. The summed E-state index contributed by atoms with van der Waals surface area (Å²) in [5, 5.41) is 1.02. The lowest BCUT2D eigenvalue weighted by Crippen LogP contribution is -2.13. The van der Waals surface area contributed by atoms with Crippen molar-refractivity contribution in [2.24, 2.45) is 5.92 Å². The van der Waals surface area contributed by atoms with E-state index >= 15 is 0 Å². The minimum atomic E-state index is -0.929. The average Bonchev–Trinajstić information content (AvgIpc) is 2.79. The number of fused-ring (bicyclic) bond motifs is 1. The topological polar surface area (TPSA) is 26.3 Å². The summed E-state index contributed by atoms with van der Waals surface area (Å²) in [5.74, 6) is -0.660. The number of benzene rings is 3. The van der Waals surface area contributed by atoms with E-state index in [-0.39, 0.29) is 0 Å². The quantitative estimate of drug-likeness (QED) is 0.233. The van der Waals surface area contributed by atoms with E-state index in [4.69, 9.17) is 4.74 Å². The molecule has 0 amide bonds. The number of carbonyl (C=O) groups is 1. The standard InChI is InChI=1S/C27H26F2O2/c1-2-3-4-18-5-7-19(8-6-18)20-9-11-21(12-10-20)27(30)31-24-14-13-22-16-25(28)26(29)17-23(22)15-24/h2,9-19H,1,3-8H2. The lowest BCUT2D eigenvalue weighted by atomic mass is 9.77. The van der Waals surface area contributed by atoms with Gasteiger partial charge in [-0.1, -0.05) is 24.3 Å². The Labute approximate surface area is 181 Å². The predicted molar refractivity (Wildman–Crippen MR) is 119 cm³/mol. The first kappa shape index (κ1) is 21.2. The summed E-state index contributed by atoms with van der Waals surface area (Å²) >= 11 is 0. The first-order chi connectivity index (χ1) is 15.0. The van der Waals surface area contributed by atoms with Crippen molar-refractivity contribution < 1.29 is 18.3 Å². The van der Waals surface area contributed by atoms with Crippen LogP contribution in [0.5, 0.6) is 5.75 Å². The molecule has 1 fully saturated rings. The first-order valence-corrected chi connectivity index (χ1v) is 10.9. The number of hydrogen-bond acceptors (Lipinski definition) is 2. The summed E-state index contributed by atoms with van der Waals surface area (Å²) < 4.78 is 32.3. The van der Waals surface area contributed by atoms with Crippen molar-refractivity contribution in [3.63, 3.8) is 0 Å². The van der Waals surface area contributed by atoms with Gasteiger partial charge in [0.05, 0.1) is 5.56 Å². The lowest BCUT2D eigenvalue weighted by molar-refractivity contribution is 0.0735. The van der Waals surface area contributed by atoms with Crippen LogP contribution in [0.2, 0.25) is 0 Å². The predicted octanol–water partition coefficient (Wildman–Crippen LogP) is 7.58. The Balaban J connectivity index is 1.39. The Bertz CT molecular complexity index is 1080. The minimum Gasteiger partial charge on any atom is -0.423 e. The summed E-state index contributed by atoms with van der Waals surface area (Å²) in [5.41, 5.74) is 1.73. The van der Waals surface area contributed by atoms with Crippen LogP contribution < -0.4 is 4.74 Å². The van der Waals surface area contributed by atoms with Gasteiger partial charge in [-0.2, -0.15) is 0 Å². The Morgan fingerprint density at radius 3 is 2.29 bits per heavy atom. The molecular weight excluding hydrogens is 394 g/mol. The number of rotatable bonds is 6. The molecule has 3 aromatic carbocycles. The molecule has 0 spiro atoms. The van der Waals surface area contributed by atoms with E-state index in [0.717, 1.165) is 24.5 Å². The third-order valence-electron chi connectivity index (χ3n) is 6.30. The van der Waals surface area contributed by atoms with Gasteiger partial charge in [-0.3, -0.25) is 0 Å². The number of carbonyl (C=O) groups excluding carboxylic acids is 1. The molecule has 1 saturated carbocycles. The second kappa shape index (κ2) is 9.42. The van der Waals surface area contributed by atoms with Gasteiger partial charge in [-0.05, 0) is 103 Å². The fraction of sp³-hybridized carbons (Fsp3) is 0.296. The molecule has 1 aliphatic rings. The van der Waals surface area contributed by atoms with Gasteiger partial charge in [0.2, 0.25) is 0 Å². The van der Waals surface area contributed by atoms with Gasteiger partial charge in [-0.25, -0.2) is 13.6 Å². The Kier molecular flexibility index (Phi) is 6.45. The van der Waals surface area contributed by atoms with Crippen LogP contribution >= 0.6 is 0 Å². The van der Waals surface area contributed by atoms with Crippen molar-refractivity contribution in [3.05, 3.63) is 90.0 Å². The molecule has 0 N–H and O–H groups in total. The molecular formula is C27H26F2O2. The molecule has 0 radical (unpaired) electrons. The maximum atomic E-state index is 13.5. The van der Waals surface area contributed by atoms with Crippen molar-refractivity contribution >= 4 is 16.7 Å². The molecule has 4 rings (SSSR count). The molecule has 2 nitrogen and oxygen atoms in total. The molecule has 31 heavy (non-hydrogen) atoms. The van der Waals surface area contributed by atoms with E-state index < -0.39 is 17.6 Å². The molecule has 0 aliphatic heterocycles. The fourth-order valence-electron chi connectivity index (χ4n) is 4.48. The number of allylic oxidation sites excluding steroid dienone is 1. The zero-order valence-electron chi connectivity index (χ0n) is 17.5. The summed E-state index contributed by atoms with van der Waals surface area (Å²) in [7, 11) is 0. The van der Waals surface area contributed by atoms with Gasteiger partial charge in [0.15, 0.2) is 11.6 Å². The second-order valence-electron chi connectivity index (χ2n) is 8.37. The molecule has 4 heteroatoms. The van der Waals surface area contributed by atoms with E-state index in [9.17, 15) is 13.6 Å². The van der Waals surface area contributed by atoms with E-state index in [1.165, 1.54) is 43.7 Å². The van der Waals surface area contributed by atoms with Crippen molar-refractivity contribution in [1.29, 1.82) is 0 Å². The SMILES string of the molecule is C=CCCC1CCC(c2ccc(C(=O)Oc3ccc4cc(F)c(F)cc4c3)cc2)CC1. The van der Waals surface area contributed by atoms with Crippen LogP contribution in [0.25, 0.3) is 10.8 Å². The molecule has 1 aliphatic carbocycles. The van der Waals surface area contributed by atoms with Crippen molar-refractivity contribution in [2.45, 2.75) is 44.4 Å². The smallest absolute Gasteiger partial charge is 0.343 e. The van der Waals surface area contributed by atoms with Gasteiger partial charge >= 0.3 is 5.97 Å². The normalized spacial score (nSPS) is 18.6. The average molecular weight is 420 g/mol. The van der Waals surface area contributed by atoms with Crippen LogP contribution in [0.3, 0.4) is 0 Å². The maximum Gasteiger partial charge on any atom is 0.343 e. The molecule has 3 aromatic rings. The van der Waals surface area contributed by atoms with Gasteiger partial charge in [0, 0.05) is 0 Å². The highest BCUT2D eigenvalue weighted by Gasteiger charge is 2.22.